The van der Waals surface area contributed by atoms with Crippen LogP contribution in [0.1, 0.15) is 20.8 Å². The number of rotatable bonds is 5. The zero-order valence-corrected chi connectivity index (χ0v) is 12.1. The molecule has 0 aromatic carbocycles. The van der Waals surface area contributed by atoms with Gasteiger partial charge in [-0.15, -0.1) is 0 Å². The molecular weight excluding hydrogens is 272 g/mol. The Morgan fingerprint density at radius 1 is 1.21 bits per heavy atom. The Labute approximate surface area is 113 Å². The molecule has 19 heavy (non-hydrogen) atoms. The molecule has 0 radical (unpaired) electrons. The Hall–Kier alpha value is -1.70. The van der Waals surface area contributed by atoms with E-state index in [2.05, 4.69) is 5.32 Å². The lowest BCUT2D eigenvalue weighted by Gasteiger charge is -2.11. The predicted molar refractivity (Wildman–Crippen MR) is 71.1 cm³/mol. The summed E-state index contributed by atoms with van der Waals surface area (Å²) in [5, 5.41) is 12.8. The van der Waals surface area contributed by atoms with Gasteiger partial charge in [0.05, 0.1) is 0 Å². The summed E-state index contributed by atoms with van der Waals surface area (Å²) in [5.74, 6) is -1.99. The van der Waals surface area contributed by atoms with E-state index in [1.165, 1.54) is 20.1 Å². The van der Waals surface area contributed by atoms with E-state index in [1.54, 1.807) is 6.92 Å². The molecule has 0 saturated carbocycles. The monoisotopic (exact) mass is 290 g/mol. The van der Waals surface area contributed by atoms with Gasteiger partial charge in [0, 0.05) is 40.0 Å². The molecule has 0 heterocycles. The molecule has 0 aliphatic heterocycles. The molecule has 2 atom stereocenters. The fourth-order valence-corrected chi connectivity index (χ4v) is 1.24. The standard InChI is InChI=1S/C11H18N2O5S/c1-6(19(4)18)5-12-11(17)13-9(14)7(2)8(3)10(15)16/h6H,5H2,1-4H3,(H,15,16)(H2,12,13,14,17). The van der Waals surface area contributed by atoms with Gasteiger partial charge in [-0.05, 0) is 20.8 Å². The van der Waals surface area contributed by atoms with Gasteiger partial charge in [0.15, 0.2) is 0 Å². The SMILES string of the molecule is CC(C(=O)O)=C(C)C(=O)NC(=O)NCC(C)S(C)=O. The van der Waals surface area contributed by atoms with Crippen molar-refractivity contribution in [3.63, 3.8) is 0 Å². The quantitative estimate of drug-likeness (QED) is 0.617. The first-order valence-corrected chi connectivity index (χ1v) is 7.11. The number of urea groups is 1. The van der Waals surface area contributed by atoms with Gasteiger partial charge in [-0.25, -0.2) is 9.59 Å². The lowest BCUT2D eigenvalue weighted by atomic mass is 10.1. The maximum absolute atomic E-state index is 11.5. The zero-order chi connectivity index (χ0) is 15.2. The van der Waals surface area contributed by atoms with Crippen molar-refractivity contribution in [3.8, 4) is 0 Å². The Morgan fingerprint density at radius 2 is 1.74 bits per heavy atom. The van der Waals surface area contributed by atoms with Crippen molar-refractivity contribution in [2.75, 3.05) is 12.8 Å². The number of nitrogens with one attached hydrogen (secondary N) is 2. The molecule has 0 aliphatic carbocycles. The van der Waals surface area contributed by atoms with Crippen LogP contribution in [-0.2, 0) is 20.4 Å². The van der Waals surface area contributed by atoms with Crippen LogP contribution in [0.3, 0.4) is 0 Å². The van der Waals surface area contributed by atoms with Gasteiger partial charge in [-0.3, -0.25) is 14.3 Å². The number of carbonyl (C=O) groups is 3. The number of hydrogen-bond donors (Lipinski definition) is 3. The Balaban J connectivity index is 4.43. The second kappa shape index (κ2) is 7.67. The maximum atomic E-state index is 11.5. The highest BCUT2D eigenvalue weighted by atomic mass is 32.2. The van der Waals surface area contributed by atoms with E-state index in [-0.39, 0.29) is 22.9 Å². The van der Waals surface area contributed by atoms with E-state index < -0.39 is 28.7 Å². The van der Waals surface area contributed by atoms with E-state index in [1.807, 2.05) is 5.32 Å². The topological polar surface area (TPSA) is 113 Å². The van der Waals surface area contributed by atoms with E-state index in [4.69, 9.17) is 5.11 Å². The van der Waals surface area contributed by atoms with Crippen LogP contribution in [-0.4, -0.2) is 45.3 Å². The van der Waals surface area contributed by atoms with Crippen LogP contribution >= 0.6 is 0 Å². The van der Waals surface area contributed by atoms with Crippen LogP contribution in [0, 0.1) is 0 Å². The third-order valence-electron chi connectivity index (χ3n) is 2.57. The third kappa shape index (κ3) is 6.14. The van der Waals surface area contributed by atoms with Gasteiger partial charge < -0.3 is 10.4 Å². The number of aliphatic carboxylic acids is 1. The molecule has 0 saturated heterocycles. The summed E-state index contributed by atoms with van der Waals surface area (Å²) >= 11 is 0. The van der Waals surface area contributed by atoms with Crippen LogP contribution in [0.25, 0.3) is 0 Å². The zero-order valence-electron chi connectivity index (χ0n) is 11.3. The molecule has 0 aliphatic rings. The molecule has 3 amide bonds. The largest absolute Gasteiger partial charge is 0.478 e. The number of hydrogen-bond acceptors (Lipinski definition) is 4. The van der Waals surface area contributed by atoms with Gasteiger partial charge in [0.1, 0.15) is 0 Å². The number of carbonyl (C=O) groups excluding carboxylic acids is 2. The van der Waals surface area contributed by atoms with Crippen molar-refractivity contribution < 1.29 is 23.7 Å². The number of imide groups is 1. The van der Waals surface area contributed by atoms with Crippen LogP contribution in [0.15, 0.2) is 11.1 Å². The second-order valence-corrected chi connectivity index (χ2v) is 5.83. The van der Waals surface area contributed by atoms with Crippen molar-refractivity contribution in [1.29, 1.82) is 0 Å². The Kier molecular flexibility index (Phi) is 6.99. The smallest absolute Gasteiger partial charge is 0.331 e. The molecular formula is C11H18N2O5S. The number of carboxylic acids is 1. The molecule has 0 aromatic rings. The molecule has 0 fully saturated rings. The summed E-state index contributed by atoms with van der Waals surface area (Å²) in [6.07, 6.45) is 1.51. The van der Waals surface area contributed by atoms with Gasteiger partial charge in [-0.1, -0.05) is 0 Å². The number of carboxylic acid groups (broad SMARTS) is 1. The second-order valence-electron chi connectivity index (χ2n) is 4.03. The summed E-state index contributed by atoms with van der Waals surface area (Å²) in [7, 11) is -1.08. The minimum Gasteiger partial charge on any atom is -0.478 e. The summed E-state index contributed by atoms with van der Waals surface area (Å²) in [5.41, 5.74) is -0.178. The lowest BCUT2D eigenvalue weighted by molar-refractivity contribution is -0.133. The first kappa shape index (κ1) is 17.3. The third-order valence-corrected chi connectivity index (χ3v) is 3.87. The van der Waals surface area contributed by atoms with Gasteiger partial charge >= 0.3 is 12.0 Å². The first-order valence-electron chi connectivity index (χ1n) is 5.49. The lowest BCUT2D eigenvalue weighted by Crippen LogP contribution is -2.43. The van der Waals surface area contributed by atoms with Gasteiger partial charge in [0.2, 0.25) is 0 Å². The minimum absolute atomic E-state index is 0.0465. The Bertz CT molecular complexity index is 444. The molecule has 108 valence electrons. The van der Waals surface area contributed by atoms with Crippen molar-refractivity contribution in [2.45, 2.75) is 26.0 Å². The molecule has 7 nitrogen and oxygen atoms in total. The molecule has 0 rings (SSSR count). The molecule has 3 N–H and O–H groups in total. The maximum Gasteiger partial charge on any atom is 0.331 e. The average molecular weight is 290 g/mol. The van der Waals surface area contributed by atoms with Crippen LogP contribution < -0.4 is 10.6 Å². The van der Waals surface area contributed by atoms with Crippen LogP contribution in [0.2, 0.25) is 0 Å². The van der Waals surface area contributed by atoms with Crippen molar-refractivity contribution in [2.24, 2.45) is 0 Å². The minimum atomic E-state index is -1.22. The molecule has 2 unspecified atom stereocenters. The highest BCUT2D eigenvalue weighted by Gasteiger charge is 2.15. The predicted octanol–water partition coefficient (Wildman–Crippen LogP) is 0.000200. The van der Waals surface area contributed by atoms with Crippen molar-refractivity contribution >= 4 is 28.7 Å². The van der Waals surface area contributed by atoms with Crippen molar-refractivity contribution in [3.05, 3.63) is 11.1 Å². The van der Waals surface area contributed by atoms with Crippen LogP contribution in [0.5, 0.6) is 0 Å². The normalized spacial score (nSPS) is 14.9. The van der Waals surface area contributed by atoms with E-state index in [0.717, 1.165) is 0 Å². The fourth-order valence-electron chi connectivity index (χ4n) is 0.926. The van der Waals surface area contributed by atoms with Crippen molar-refractivity contribution in [1.82, 2.24) is 10.6 Å². The van der Waals surface area contributed by atoms with E-state index in [0.29, 0.717) is 0 Å². The first-order chi connectivity index (χ1) is 8.66. The summed E-state index contributed by atoms with van der Waals surface area (Å²) in [4.78, 5) is 33.5. The Morgan fingerprint density at radius 3 is 2.16 bits per heavy atom. The van der Waals surface area contributed by atoms with Gasteiger partial charge in [-0.2, -0.15) is 0 Å². The van der Waals surface area contributed by atoms with Crippen LogP contribution in [0.4, 0.5) is 4.79 Å². The molecule has 0 spiro atoms. The number of amides is 3. The molecule has 0 bridgehead atoms. The summed E-state index contributed by atoms with van der Waals surface area (Å²) in [6, 6.07) is -0.750. The molecule has 8 heteroatoms. The highest BCUT2D eigenvalue weighted by molar-refractivity contribution is 7.84. The summed E-state index contributed by atoms with van der Waals surface area (Å²) in [6.45, 7) is 4.44. The van der Waals surface area contributed by atoms with Gasteiger partial charge in [0.25, 0.3) is 5.91 Å². The van der Waals surface area contributed by atoms with E-state index in [9.17, 15) is 18.6 Å². The fraction of sp³-hybridized carbons (Fsp3) is 0.545. The molecule has 0 aromatic heterocycles. The highest BCUT2D eigenvalue weighted by Crippen LogP contribution is 2.03. The summed E-state index contributed by atoms with van der Waals surface area (Å²) < 4.78 is 11.1. The average Bonchev–Trinajstić information content (AvgIpc) is 2.33. The van der Waals surface area contributed by atoms with E-state index >= 15 is 0 Å².